The Morgan fingerprint density at radius 2 is 2.00 bits per heavy atom. The van der Waals surface area contributed by atoms with E-state index in [0.29, 0.717) is 13.0 Å². The number of aliphatic hydroxyl groups excluding tert-OH is 1. The Morgan fingerprint density at radius 1 is 1.37 bits per heavy atom. The van der Waals surface area contributed by atoms with Crippen molar-refractivity contribution in [1.29, 1.82) is 0 Å². The van der Waals surface area contributed by atoms with E-state index in [1.165, 1.54) is 0 Å². The second-order valence-electron chi connectivity index (χ2n) is 5.04. The number of rotatable bonds is 5. The summed E-state index contributed by atoms with van der Waals surface area (Å²) >= 11 is 5.77. The van der Waals surface area contributed by atoms with Gasteiger partial charge in [0.2, 0.25) is 0 Å². The van der Waals surface area contributed by atoms with Gasteiger partial charge in [-0.25, -0.2) is 4.98 Å². The van der Waals surface area contributed by atoms with E-state index in [1.54, 1.807) is 0 Å². The topological polar surface area (TPSA) is 45.1 Å². The largest absolute Gasteiger partial charge is 0.417 e. The minimum Gasteiger partial charge on any atom is -0.396 e. The maximum atomic E-state index is 12.4. The average Bonchev–Trinajstić information content (AvgIpc) is 2.26. The number of alkyl halides is 3. The van der Waals surface area contributed by atoms with Crippen molar-refractivity contribution in [2.24, 2.45) is 5.41 Å². The standard InChI is InChI=1S/C12H16ClF3N2O/c1-11(2,3-4-19)7-18-10-9(13)5-8(6-17-10)12(14,15)16/h5-6,19H,3-4,7H2,1-2H3,(H,17,18). The molecule has 0 aliphatic rings. The number of halogens is 4. The highest BCUT2D eigenvalue weighted by Gasteiger charge is 2.31. The van der Waals surface area contributed by atoms with E-state index in [0.717, 1.165) is 12.3 Å². The third-order valence-electron chi connectivity index (χ3n) is 2.69. The fourth-order valence-corrected chi connectivity index (χ4v) is 1.67. The molecule has 0 amide bonds. The summed E-state index contributed by atoms with van der Waals surface area (Å²) in [5.74, 6) is 0.209. The maximum absolute atomic E-state index is 12.4. The molecule has 0 aromatic carbocycles. The molecule has 0 aliphatic carbocycles. The molecule has 19 heavy (non-hydrogen) atoms. The molecule has 0 saturated carbocycles. The minimum absolute atomic E-state index is 0.0445. The Balaban J connectivity index is 2.76. The molecular formula is C12H16ClF3N2O. The molecule has 7 heteroatoms. The highest BCUT2D eigenvalue weighted by molar-refractivity contribution is 6.32. The van der Waals surface area contributed by atoms with Crippen LogP contribution in [0.3, 0.4) is 0 Å². The Labute approximate surface area is 114 Å². The zero-order valence-corrected chi connectivity index (χ0v) is 11.4. The van der Waals surface area contributed by atoms with Crippen molar-refractivity contribution in [2.75, 3.05) is 18.5 Å². The summed E-state index contributed by atoms with van der Waals surface area (Å²) in [4.78, 5) is 3.68. The lowest BCUT2D eigenvalue weighted by Gasteiger charge is -2.24. The van der Waals surface area contributed by atoms with Gasteiger partial charge in [0.25, 0.3) is 0 Å². The van der Waals surface area contributed by atoms with Crippen LogP contribution in [0.5, 0.6) is 0 Å². The molecular weight excluding hydrogens is 281 g/mol. The van der Waals surface area contributed by atoms with E-state index < -0.39 is 11.7 Å². The van der Waals surface area contributed by atoms with Gasteiger partial charge in [-0.05, 0) is 17.9 Å². The normalized spacial score (nSPS) is 12.6. The van der Waals surface area contributed by atoms with Crippen LogP contribution in [0.1, 0.15) is 25.8 Å². The first-order chi connectivity index (χ1) is 8.65. The quantitative estimate of drug-likeness (QED) is 0.873. The molecule has 0 radical (unpaired) electrons. The number of nitrogens with one attached hydrogen (secondary N) is 1. The number of aromatic nitrogens is 1. The molecule has 0 atom stereocenters. The first-order valence-corrected chi connectivity index (χ1v) is 6.11. The van der Waals surface area contributed by atoms with Crippen molar-refractivity contribution in [1.82, 2.24) is 4.98 Å². The average molecular weight is 297 g/mol. The highest BCUT2D eigenvalue weighted by Crippen LogP contribution is 2.32. The third-order valence-corrected chi connectivity index (χ3v) is 2.98. The lowest BCUT2D eigenvalue weighted by molar-refractivity contribution is -0.137. The monoisotopic (exact) mass is 296 g/mol. The van der Waals surface area contributed by atoms with E-state index in [1.807, 2.05) is 13.8 Å². The van der Waals surface area contributed by atoms with E-state index in [-0.39, 0.29) is 22.9 Å². The van der Waals surface area contributed by atoms with Crippen LogP contribution in [0, 0.1) is 5.41 Å². The van der Waals surface area contributed by atoms with Crippen LogP contribution in [-0.2, 0) is 6.18 Å². The van der Waals surface area contributed by atoms with E-state index in [2.05, 4.69) is 10.3 Å². The summed E-state index contributed by atoms with van der Waals surface area (Å²) in [7, 11) is 0. The fraction of sp³-hybridized carbons (Fsp3) is 0.583. The predicted octanol–water partition coefficient (Wildman–Crippen LogP) is 3.57. The van der Waals surface area contributed by atoms with E-state index in [9.17, 15) is 13.2 Å². The van der Waals surface area contributed by atoms with Crippen molar-refractivity contribution < 1.29 is 18.3 Å². The third kappa shape index (κ3) is 4.87. The molecule has 0 aliphatic heterocycles. The van der Waals surface area contributed by atoms with Crippen LogP contribution in [0.25, 0.3) is 0 Å². The lowest BCUT2D eigenvalue weighted by atomic mass is 9.90. The van der Waals surface area contributed by atoms with E-state index in [4.69, 9.17) is 16.7 Å². The molecule has 0 fully saturated rings. The summed E-state index contributed by atoms with van der Waals surface area (Å²) in [5, 5.41) is 11.7. The summed E-state index contributed by atoms with van der Waals surface area (Å²) in [6.07, 6.45) is -3.14. The number of nitrogens with zero attached hydrogens (tertiary/aromatic N) is 1. The number of hydrogen-bond donors (Lipinski definition) is 2. The first-order valence-electron chi connectivity index (χ1n) is 5.73. The van der Waals surface area contributed by atoms with Crippen molar-refractivity contribution in [3.05, 3.63) is 22.8 Å². The zero-order valence-electron chi connectivity index (χ0n) is 10.7. The Kier molecular flexibility index (Phi) is 5.04. The van der Waals surface area contributed by atoms with Gasteiger partial charge in [-0.2, -0.15) is 13.2 Å². The molecule has 0 spiro atoms. The summed E-state index contributed by atoms with van der Waals surface area (Å²) < 4.78 is 37.3. The summed E-state index contributed by atoms with van der Waals surface area (Å²) in [5.41, 5.74) is -1.08. The van der Waals surface area contributed by atoms with Gasteiger partial charge >= 0.3 is 6.18 Å². The molecule has 1 aromatic heterocycles. The number of pyridine rings is 1. The van der Waals surface area contributed by atoms with Crippen LogP contribution < -0.4 is 5.32 Å². The van der Waals surface area contributed by atoms with Gasteiger partial charge in [0.05, 0.1) is 10.6 Å². The Hall–Kier alpha value is -1.01. The van der Waals surface area contributed by atoms with Gasteiger partial charge in [-0.3, -0.25) is 0 Å². The Bertz CT molecular complexity index is 435. The molecule has 0 saturated heterocycles. The van der Waals surface area contributed by atoms with Gasteiger partial charge < -0.3 is 10.4 Å². The van der Waals surface area contributed by atoms with Gasteiger partial charge in [0, 0.05) is 19.3 Å². The van der Waals surface area contributed by atoms with Crippen molar-refractivity contribution in [2.45, 2.75) is 26.4 Å². The van der Waals surface area contributed by atoms with Crippen molar-refractivity contribution >= 4 is 17.4 Å². The van der Waals surface area contributed by atoms with E-state index >= 15 is 0 Å². The number of hydrogen-bond acceptors (Lipinski definition) is 3. The molecule has 1 heterocycles. The lowest BCUT2D eigenvalue weighted by Crippen LogP contribution is -2.24. The molecule has 108 valence electrons. The van der Waals surface area contributed by atoms with Crippen LogP contribution >= 0.6 is 11.6 Å². The second-order valence-corrected chi connectivity index (χ2v) is 5.45. The van der Waals surface area contributed by atoms with Gasteiger partial charge in [0.15, 0.2) is 0 Å². The molecule has 0 bridgehead atoms. The van der Waals surface area contributed by atoms with Gasteiger partial charge in [-0.1, -0.05) is 25.4 Å². The Morgan fingerprint density at radius 3 is 2.47 bits per heavy atom. The predicted molar refractivity (Wildman–Crippen MR) is 68.2 cm³/mol. The van der Waals surface area contributed by atoms with Crippen LogP contribution in [0.2, 0.25) is 5.02 Å². The number of anilines is 1. The van der Waals surface area contributed by atoms with Crippen molar-refractivity contribution in [3.8, 4) is 0 Å². The second kappa shape index (κ2) is 5.96. The minimum atomic E-state index is -4.45. The van der Waals surface area contributed by atoms with Crippen molar-refractivity contribution in [3.63, 3.8) is 0 Å². The zero-order chi connectivity index (χ0) is 14.7. The smallest absolute Gasteiger partial charge is 0.396 e. The molecule has 2 N–H and O–H groups in total. The SMILES string of the molecule is CC(C)(CCO)CNc1ncc(C(F)(F)F)cc1Cl. The van der Waals surface area contributed by atoms with Gasteiger partial charge in [0.1, 0.15) is 5.82 Å². The highest BCUT2D eigenvalue weighted by atomic mass is 35.5. The first kappa shape index (κ1) is 16.0. The van der Waals surface area contributed by atoms with Crippen LogP contribution in [0.4, 0.5) is 19.0 Å². The summed E-state index contributed by atoms with van der Waals surface area (Å²) in [6, 6.07) is 0.843. The number of aliphatic hydroxyl groups is 1. The van der Waals surface area contributed by atoms with Gasteiger partial charge in [-0.15, -0.1) is 0 Å². The molecule has 1 aromatic rings. The van der Waals surface area contributed by atoms with Crippen LogP contribution in [0.15, 0.2) is 12.3 Å². The maximum Gasteiger partial charge on any atom is 0.417 e. The molecule has 0 unspecified atom stereocenters. The van der Waals surface area contributed by atoms with Crippen LogP contribution in [-0.4, -0.2) is 23.2 Å². The molecule has 1 rings (SSSR count). The summed E-state index contributed by atoms with van der Waals surface area (Å²) in [6.45, 7) is 4.34. The molecule has 3 nitrogen and oxygen atoms in total. The fourth-order valence-electron chi connectivity index (χ4n) is 1.44.